The van der Waals surface area contributed by atoms with Gasteiger partial charge in [0.15, 0.2) is 0 Å². The van der Waals surface area contributed by atoms with Gasteiger partial charge in [-0.05, 0) is 11.5 Å². The van der Waals surface area contributed by atoms with Crippen molar-refractivity contribution in [3.63, 3.8) is 0 Å². The van der Waals surface area contributed by atoms with Gasteiger partial charge in [-0.25, -0.2) is 0 Å². The third-order valence-corrected chi connectivity index (χ3v) is 2.36. The van der Waals surface area contributed by atoms with Crippen LogP contribution in [0.4, 0.5) is 0 Å². The summed E-state index contributed by atoms with van der Waals surface area (Å²) in [7, 11) is 0. The van der Waals surface area contributed by atoms with E-state index in [1.165, 1.54) is 11.4 Å². The maximum Gasteiger partial charge on any atom is 0.127 e. The molecule has 2 N–H and O–H groups in total. The Labute approximate surface area is 129 Å². The average Bonchev–Trinajstić information content (AvgIpc) is 2.59. The molecule has 0 amide bonds. The van der Waals surface area contributed by atoms with E-state index in [1.807, 2.05) is 0 Å². The molecule has 2 aromatic carbocycles. The van der Waals surface area contributed by atoms with E-state index < -0.39 is 38.9 Å². The van der Waals surface area contributed by atoms with Crippen LogP contribution in [0.25, 0.3) is 10.8 Å². The highest BCUT2D eigenvalue weighted by Gasteiger charge is 2.07. The zero-order valence-electron chi connectivity index (χ0n) is 21.0. The molecule has 2 rings (SSSR count). The molecule has 0 fully saturated rings. The van der Waals surface area contributed by atoms with Crippen LogP contribution in [0, 0.1) is 0 Å². The standard InChI is InChI=1S/C16H21NO2/c1-12(2)17-10-14(18)11-19-16-9-5-7-13-6-3-4-8-15(13)16/h3-9,12,14,17-18H,10-11H2,1-2H3/i1D3,2D3,10D2,11D2,12D. The van der Waals surface area contributed by atoms with Crippen molar-refractivity contribution in [3.8, 4) is 5.75 Å². The molecule has 0 aromatic heterocycles. The summed E-state index contributed by atoms with van der Waals surface area (Å²) < 4.78 is 88.9. The molecule has 1 unspecified atom stereocenters. The first-order chi connectivity index (χ1) is 13.4. The molecule has 2 aromatic rings. The van der Waals surface area contributed by atoms with Crippen LogP contribution in [0.3, 0.4) is 0 Å². The molecule has 0 spiro atoms. The van der Waals surface area contributed by atoms with Gasteiger partial charge in [0.2, 0.25) is 0 Å². The van der Waals surface area contributed by atoms with E-state index in [-0.39, 0.29) is 5.75 Å². The summed E-state index contributed by atoms with van der Waals surface area (Å²) in [5, 5.41) is 13.0. The molecule has 0 saturated heterocycles. The van der Waals surface area contributed by atoms with Gasteiger partial charge in [0.1, 0.15) is 18.4 Å². The van der Waals surface area contributed by atoms with E-state index in [4.69, 9.17) is 19.8 Å². The van der Waals surface area contributed by atoms with Crippen LogP contribution in [-0.2, 0) is 0 Å². The molecule has 0 aliphatic rings. The van der Waals surface area contributed by atoms with Crippen molar-refractivity contribution in [1.29, 1.82) is 0 Å². The quantitative estimate of drug-likeness (QED) is 0.847. The van der Waals surface area contributed by atoms with Crippen molar-refractivity contribution in [1.82, 2.24) is 5.32 Å². The van der Waals surface area contributed by atoms with E-state index in [0.717, 1.165) is 0 Å². The molecule has 0 heterocycles. The van der Waals surface area contributed by atoms with Gasteiger partial charge in [0.25, 0.3) is 0 Å². The van der Waals surface area contributed by atoms with Crippen LogP contribution >= 0.6 is 0 Å². The summed E-state index contributed by atoms with van der Waals surface area (Å²) in [4.78, 5) is 0. The van der Waals surface area contributed by atoms with Crippen molar-refractivity contribution in [2.45, 2.75) is 25.8 Å². The van der Waals surface area contributed by atoms with Gasteiger partial charge < -0.3 is 15.2 Å². The highest BCUT2D eigenvalue weighted by molar-refractivity contribution is 5.88. The Morgan fingerprint density at radius 2 is 2.11 bits per heavy atom. The Morgan fingerprint density at radius 1 is 1.32 bits per heavy atom. The van der Waals surface area contributed by atoms with Crippen LogP contribution in [0.1, 0.15) is 28.8 Å². The highest BCUT2D eigenvalue weighted by atomic mass is 16.5. The van der Waals surface area contributed by atoms with E-state index >= 15 is 0 Å². The minimum atomic E-state index is -3.52. The number of hydrogen-bond donors (Lipinski definition) is 2. The van der Waals surface area contributed by atoms with E-state index in [0.29, 0.717) is 10.8 Å². The van der Waals surface area contributed by atoms with Gasteiger partial charge in [0.05, 0.1) is 2.74 Å². The van der Waals surface area contributed by atoms with Crippen molar-refractivity contribution in [2.75, 3.05) is 13.1 Å². The normalized spacial score (nSPS) is 24.8. The fourth-order valence-corrected chi connectivity index (χ4v) is 1.57. The number of nitrogens with one attached hydrogen (secondary N) is 1. The largest absolute Gasteiger partial charge is 0.490 e. The Bertz CT molecular complexity index is 875. The minimum absolute atomic E-state index is 0.0169. The third-order valence-electron chi connectivity index (χ3n) is 2.36. The second kappa shape index (κ2) is 6.55. The molecular weight excluding hydrogens is 238 g/mol. The maximum absolute atomic E-state index is 10.3. The third kappa shape index (κ3) is 3.94. The molecule has 0 bridgehead atoms. The molecular formula is C16H21NO2. The Hall–Kier alpha value is -1.58. The van der Waals surface area contributed by atoms with E-state index in [9.17, 15) is 5.11 Å². The number of fused-ring (bicyclic) bond motifs is 1. The van der Waals surface area contributed by atoms with Crippen LogP contribution in [0.15, 0.2) is 42.5 Å². The van der Waals surface area contributed by atoms with E-state index in [1.54, 1.807) is 36.4 Å². The lowest BCUT2D eigenvalue weighted by Crippen LogP contribution is -2.35. The first-order valence-electron chi connectivity index (χ1n) is 11.1. The van der Waals surface area contributed by atoms with Crippen LogP contribution in [0.2, 0.25) is 0 Å². The monoisotopic (exact) mass is 270 g/mol. The fraction of sp³-hybridized carbons (Fsp3) is 0.375. The SMILES string of the molecule is [2H]C([2H])(NC([2H])(C([2H])([2H])[2H])C([2H])([2H])[2H])C(O)C([2H])([2H])Oc1cccc2ccccc12. The van der Waals surface area contributed by atoms with Crippen LogP contribution in [0.5, 0.6) is 5.75 Å². The number of hydrogen-bond acceptors (Lipinski definition) is 3. The summed E-state index contributed by atoms with van der Waals surface area (Å²) in [5.74, 6) is -0.0169. The molecule has 0 aliphatic heterocycles. The second-order valence-electron chi connectivity index (χ2n) is 3.74. The molecule has 0 aliphatic carbocycles. The maximum atomic E-state index is 10.3. The van der Waals surface area contributed by atoms with Crippen molar-refractivity contribution < 1.29 is 24.9 Å². The van der Waals surface area contributed by atoms with Crippen LogP contribution in [-0.4, -0.2) is 30.3 Å². The molecule has 0 radical (unpaired) electrons. The van der Waals surface area contributed by atoms with Crippen molar-refractivity contribution in [2.24, 2.45) is 0 Å². The fourth-order valence-electron chi connectivity index (χ4n) is 1.57. The van der Waals surface area contributed by atoms with Gasteiger partial charge in [-0.15, -0.1) is 0 Å². The predicted octanol–water partition coefficient (Wildman–Crippen LogP) is 2.58. The van der Waals surface area contributed by atoms with Gasteiger partial charge in [-0.3, -0.25) is 0 Å². The lowest BCUT2D eigenvalue weighted by molar-refractivity contribution is 0.105. The summed E-state index contributed by atoms with van der Waals surface area (Å²) in [6.45, 7) is -13.5. The average molecular weight is 270 g/mol. The van der Waals surface area contributed by atoms with Crippen LogP contribution < -0.4 is 10.1 Å². The zero-order valence-corrected chi connectivity index (χ0v) is 9.97. The first kappa shape index (κ1) is 5.43. The minimum Gasteiger partial charge on any atom is -0.490 e. The predicted molar refractivity (Wildman–Crippen MR) is 78.6 cm³/mol. The number of benzene rings is 2. The zero-order chi connectivity index (χ0) is 23.2. The van der Waals surface area contributed by atoms with Crippen molar-refractivity contribution in [3.05, 3.63) is 42.5 Å². The molecule has 19 heavy (non-hydrogen) atoms. The van der Waals surface area contributed by atoms with Gasteiger partial charge in [0, 0.05) is 30.2 Å². The van der Waals surface area contributed by atoms with Gasteiger partial charge in [-0.1, -0.05) is 50.1 Å². The lowest BCUT2D eigenvalue weighted by atomic mass is 10.1. The summed E-state index contributed by atoms with van der Waals surface area (Å²) in [6.07, 6.45) is -2.70. The summed E-state index contributed by atoms with van der Waals surface area (Å²) in [6, 6.07) is 7.95. The lowest BCUT2D eigenvalue weighted by Gasteiger charge is -2.15. The topological polar surface area (TPSA) is 41.5 Å². The molecule has 3 nitrogen and oxygen atoms in total. The Morgan fingerprint density at radius 3 is 2.95 bits per heavy atom. The number of aliphatic hydroxyl groups is 1. The number of aliphatic hydroxyl groups excluding tert-OH is 1. The molecule has 0 saturated carbocycles. The molecule has 1 atom stereocenters. The smallest absolute Gasteiger partial charge is 0.127 e. The first-order valence-corrected chi connectivity index (χ1v) is 5.57. The number of ether oxygens (including phenoxy) is 1. The van der Waals surface area contributed by atoms with Gasteiger partial charge in [-0.2, -0.15) is 0 Å². The number of rotatable bonds is 6. The second-order valence-corrected chi connectivity index (χ2v) is 3.74. The van der Waals surface area contributed by atoms with Crippen molar-refractivity contribution >= 4 is 10.8 Å². The Kier molecular flexibility index (Phi) is 1.87. The van der Waals surface area contributed by atoms with E-state index in [2.05, 4.69) is 0 Å². The molecule has 3 heteroatoms. The summed E-state index contributed by atoms with van der Waals surface area (Å²) in [5.41, 5.74) is 0. The van der Waals surface area contributed by atoms with Gasteiger partial charge >= 0.3 is 0 Å². The highest BCUT2D eigenvalue weighted by Crippen LogP contribution is 2.25. The molecule has 102 valence electrons. The Balaban J connectivity index is 2.37. The summed E-state index contributed by atoms with van der Waals surface area (Å²) >= 11 is 0.